The number of nitrogens with zero attached hydrogens (tertiary/aromatic N) is 1. The molecule has 0 fully saturated rings. The van der Waals surface area contributed by atoms with Gasteiger partial charge in [-0.05, 0) is 18.6 Å². The first kappa shape index (κ1) is 10.3. The molecule has 5 heteroatoms. The molecule has 0 aliphatic rings. The largest absolute Gasteiger partial charge is 0.418 e. The molecular weight excluding hydrogens is 203 g/mol. The molecule has 1 aromatic heterocycles. The highest BCUT2D eigenvalue weighted by Crippen LogP contribution is 2.31. The van der Waals surface area contributed by atoms with Crippen LogP contribution in [0.5, 0.6) is 0 Å². The van der Waals surface area contributed by atoms with E-state index < -0.39 is 11.7 Å². The molecule has 0 aliphatic heterocycles. The van der Waals surface area contributed by atoms with E-state index >= 15 is 0 Å². The van der Waals surface area contributed by atoms with Crippen molar-refractivity contribution in [3.05, 3.63) is 28.5 Å². The van der Waals surface area contributed by atoms with Gasteiger partial charge in [-0.1, -0.05) is 18.5 Å². The third-order valence-electron chi connectivity index (χ3n) is 1.58. The molecule has 0 saturated carbocycles. The van der Waals surface area contributed by atoms with Crippen LogP contribution >= 0.6 is 11.6 Å². The van der Waals surface area contributed by atoms with E-state index in [1.807, 2.05) is 0 Å². The maximum Gasteiger partial charge on any atom is 0.418 e. The number of pyridine rings is 1. The maximum atomic E-state index is 12.3. The Hall–Kier alpha value is -0.770. The Bertz CT molecular complexity index is 309. The van der Waals surface area contributed by atoms with Gasteiger partial charge >= 0.3 is 6.18 Å². The second-order valence-electron chi connectivity index (χ2n) is 2.48. The minimum atomic E-state index is -4.34. The second kappa shape index (κ2) is 3.54. The molecule has 1 rings (SSSR count). The minimum absolute atomic E-state index is 0.0139. The zero-order valence-corrected chi connectivity index (χ0v) is 7.58. The second-order valence-corrected chi connectivity index (χ2v) is 2.87. The van der Waals surface area contributed by atoms with Gasteiger partial charge in [-0.15, -0.1) is 0 Å². The van der Waals surface area contributed by atoms with E-state index in [-0.39, 0.29) is 17.3 Å². The molecule has 72 valence electrons. The van der Waals surface area contributed by atoms with E-state index in [0.29, 0.717) is 0 Å². The number of halogens is 4. The van der Waals surface area contributed by atoms with Gasteiger partial charge < -0.3 is 0 Å². The van der Waals surface area contributed by atoms with Gasteiger partial charge in [0, 0.05) is 0 Å². The Morgan fingerprint density at radius 1 is 1.38 bits per heavy atom. The summed E-state index contributed by atoms with van der Waals surface area (Å²) in [6, 6.07) is 2.09. The Labute approximate surface area is 78.5 Å². The van der Waals surface area contributed by atoms with Crippen molar-refractivity contribution in [1.82, 2.24) is 4.98 Å². The molecule has 0 radical (unpaired) electrons. The third-order valence-corrected chi connectivity index (χ3v) is 1.79. The summed E-state index contributed by atoms with van der Waals surface area (Å²) < 4.78 is 36.9. The SMILES string of the molecule is CCc1nc(Cl)ccc1C(F)(F)F. The normalized spacial score (nSPS) is 11.8. The van der Waals surface area contributed by atoms with Crippen LogP contribution in [0.25, 0.3) is 0 Å². The lowest BCUT2D eigenvalue weighted by Crippen LogP contribution is -2.10. The van der Waals surface area contributed by atoms with E-state index in [1.54, 1.807) is 6.92 Å². The van der Waals surface area contributed by atoms with E-state index in [9.17, 15) is 13.2 Å². The molecule has 1 aromatic rings. The van der Waals surface area contributed by atoms with Crippen LogP contribution in [0.2, 0.25) is 5.15 Å². The number of aromatic nitrogens is 1. The lowest BCUT2D eigenvalue weighted by molar-refractivity contribution is -0.138. The van der Waals surface area contributed by atoms with Gasteiger partial charge in [-0.3, -0.25) is 0 Å². The van der Waals surface area contributed by atoms with Crippen molar-refractivity contribution < 1.29 is 13.2 Å². The van der Waals surface area contributed by atoms with Crippen molar-refractivity contribution in [2.75, 3.05) is 0 Å². The van der Waals surface area contributed by atoms with Crippen molar-refractivity contribution >= 4 is 11.6 Å². The van der Waals surface area contributed by atoms with E-state index in [2.05, 4.69) is 4.98 Å². The first-order valence-electron chi connectivity index (χ1n) is 3.67. The first-order chi connectivity index (χ1) is 5.95. The van der Waals surface area contributed by atoms with Gasteiger partial charge in [0.15, 0.2) is 0 Å². The fraction of sp³-hybridized carbons (Fsp3) is 0.375. The van der Waals surface area contributed by atoms with Gasteiger partial charge in [0.05, 0.1) is 11.3 Å². The standard InChI is InChI=1S/C8H7ClF3N/c1-2-6-5(8(10,11)12)3-4-7(9)13-6/h3-4H,2H2,1H3. The van der Waals surface area contributed by atoms with Crippen LogP contribution in [0.1, 0.15) is 18.2 Å². The average Bonchev–Trinajstić information content (AvgIpc) is 2.01. The van der Waals surface area contributed by atoms with Gasteiger partial charge in [-0.2, -0.15) is 13.2 Å². The fourth-order valence-corrected chi connectivity index (χ4v) is 1.17. The monoisotopic (exact) mass is 209 g/mol. The van der Waals surface area contributed by atoms with Crippen LogP contribution in [0.3, 0.4) is 0 Å². The summed E-state index contributed by atoms with van der Waals surface area (Å²) in [6.07, 6.45) is -4.13. The Balaban J connectivity index is 3.22. The quantitative estimate of drug-likeness (QED) is 0.647. The van der Waals surface area contributed by atoms with Crippen molar-refractivity contribution in [2.45, 2.75) is 19.5 Å². The van der Waals surface area contributed by atoms with Crippen LogP contribution in [0.4, 0.5) is 13.2 Å². The number of hydrogen-bond acceptors (Lipinski definition) is 1. The van der Waals surface area contributed by atoms with Crippen LogP contribution in [0, 0.1) is 0 Å². The summed E-state index contributed by atoms with van der Waals surface area (Å²) in [6.45, 7) is 1.61. The molecular formula is C8H7ClF3N. The van der Waals surface area contributed by atoms with E-state index in [4.69, 9.17) is 11.6 Å². The smallest absolute Gasteiger partial charge is 0.241 e. The Morgan fingerprint density at radius 3 is 2.46 bits per heavy atom. The zero-order valence-electron chi connectivity index (χ0n) is 6.82. The van der Waals surface area contributed by atoms with Crippen molar-refractivity contribution in [2.24, 2.45) is 0 Å². The summed E-state index contributed by atoms with van der Waals surface area (Å²) in [5, 5.41) is 0.0878. The summed E-state index contributed by atoms with van der Waals surface area (Å²) in [5.41, 5.74) is -0.723. The minimum Gasteiger partial charge on any atom is -0.241 e. The maximum absolute atomic E-state index is 12.3. The predicted molar refractivity (Wildman–Crippen MR) is 43.6 cm³/mol. The number of rotatable bonds is 1. The van der Waals surface area contributed by atoms with Gasteiger partial charge in [0.1, 0.15) is 5.15 Å². The molecule has 0 aliphatic carbocycles. The predicted octanol–water partition coefficient (Wildman–Crippen LogP) is 3.32. The lowest BCUT2D eigenvalue weighted by Gasteiger charge is -2.10. The van der Waals surface area contributed by atoms with Gasteiger partial charge in [-0.25, -0.2) is 4.98 Å². The molecule has 13 heavy (non-hydrogen) atoms. The topological polar surface area (TPSA) is 12.9 Å². The summed E-state index contributed by atoms with van der Waals surface area (Å²) >= 11 is 5.47. The molecule has 0 amide bonds. The van der Waals surface area contributed by atoms with Crippen molar-refractivity contribution in [1.29, 1.82) is 0 Å². The number of aryl methyl sites for hydroxylation is 1. The highest BCUT2D eigenvalue weighted by atomic mass is 35.5. The molecule has 0 saturated heterocycles. The number of hydrogen-bond donors (Lipinski definition) is 0. The van der Waals surface area contributed by atoms with Crippen LogP contribution in [-0.2, 0) is 12.6 Å². The number of alkyl halides is 3. The molecule has 0 atom stereocenters. The molecule has 0 N–H and O–H groups in total. The van der Waals surface area contributed by atoms with Crippen molar-refractivity contribution in [3.63, 3.8) is 0 Å². The summed E-state index contributed by atoms with van der Waals surface area (Å²) in [5.74, 6) is 0. The summed E-state index contributed by atoms with van der Waals surface area (Å²) in [7, 11) is 0. The molecule has 1 heterocycles. The molecule has 0 bridgehead atoms. The average molecular weight is 210 g/mol. The zero-order chi connectivity index (χ0) is 10.1. The third kappa shape index (κ3) is 2.34. The summed E-state index contributed by atoms with van der Waals surface area (Å²) in [4.78, 5) is 3.60. The van der Waals surface area contributed by atoms with Crippen LogP contribution < -0.4 is 0 Å². The lowest BCUT2D eigenvalue weighted by atomic mass is 10.1. The van der Waals surface area contributed by atoms with E-state index in [1.165, 1.54) is 0 Å². The Kier molecular flexibility index (Phi) is 2.81. The highest BCUT2D eigenvalue weighted by molar-refractivity contribution is 6.29. The van der Waals surface area contributed by atoms with Crippen LogP contribution in [-0.4, -0.2) is 4.98 Å². The van der Waals surface area contributed by atoms with E-state index in [0.717, 1.165) is 12.1 Å². The van der Waals surface area contributed by atoms with Crippen molar-refractivity contribution in [3.8, 4) is 0 Å². The molecule has 0 aromatic carbocycles. The molecule has 1 nitrogen and oxygen atoms in total. The highest BCUT2D eigenvalue weighted by Gasteiger charge is 2.33. The Morgan fingerprint density at radius 2 is 2.00 bits per heavy atom. The molecule has 0 unspecified atom stereocenters. The fourth-order valence-electron chi connectivity index (χ4n) is 1.00. The van der Waals surface area contributed by atoms with Crippen LogP contribution in [0.15, 0.2) is 12.1 Å². The molecule has 0 spiro atoms. The van der Waals surface area contributed by atoms with Gasteiger partial charge in [0.25, 0.3) is 0 Å². The van der Waals surface area contributed by atoms with Gasteiger partial charge in [0.2, 0.25) is 0 Å². The first-order valence-corrected chi connectivity index (χ1v) is 4.05.